The Balaban J connectivity index is 0.00000289. The first-order valence-electron chi connectivity index (χ1n) is 6.46. The number of thioether (sulfide) groups is 1. The molecule has 4 heteroatoms. The maximum absolute atomic E-state index is 5.91. The summed E-state index contributed by atoms with van der Waals surface area (Å²) >= 11 is 1.84. The highest BCUT2D eigenvalue weighted by Gasteiger charge is 2.28. The van der Waals surface area contributed by atoms with Crippen LogP contribution in [0.1, 0.15) is 40.0 Å². The summed E-state index contributed by atoms with van der Waals surface area (Å²) in [5, 5.41) is 1.08. The zero-order valence-electron chi connectivity index (χ0n) is 12.2. The smallest absolute Gasteiger partial charge is 0.400 e. The lowest BCUT2D eigenvalue weighted by molar-refractivity contribution is -0.470. The average molecular weight is 383 g/mol. The van der Waals surface area contributed by atoms with Gasteiger partial charge in [0.1, 0.15) is 20.2 Å². The zero-order chi connectivity index (χ0) is 12.8. The normalized spacial score (nSPS) is 19.8. The molecule has 0 N–H and O–H groups in total. The Morgan fingerprint density at radius 1 is 1.50 bits per heavy atom. The molecule has 1 heterocycles. The van der Waals surface area contributed by atoms with Gasteiger partial charge in [0.05, 0.1) is 0 Å². The van der Waals surface area contributed by atoms with Crippen LogP contribution >= 0.6 is 11.8 Å². The molecule has 0 amide bonds. The molecule has 1 aliphatic heterocycles. The van der Waals surface area contributed by atoms with E-state index in [0.717, 1.165) is 16.9 Å². The van der Waals surface area contributed by atoms with Crippen molar-refractivity contribution in [3.8, 4) is 0 Å². The van der Waals surface area contributed by atoms with Crippen molar-refractivity contribution in [2.24, 2.45) is 5.92 Å². The molecular formula is C14H26INOS. The van der Waals surface area contributed by atoms with Crippen LogP contribution in [0.5, 0.6) is 0 Å². The first-order valence-corrected chi connectivity index (χ1v) is 7.44. The van der Waals surface area contributed by atoms with Crippen molar-refractivity contribution < 1.29 is 33.3 Å². The summed E-state index contributed by atoms with van der Waals surface area (Å²) in [7, 11) is 4.09. The van der Waals surface area contributed by atoms with Crippen LogP contribution in [0.15, 0.2) is 11.6 Å². The summed E-state index contributed by atoms with van der Waals surface area (Å²) < 4.78 is 7.98. The monoisotopic (exact) mass is 383 g/mol. The van der Waals surface area contributed by atoms with Crippen LogP contribution in [-0.4, -0.2) is 35.8 Å². The Bertz CT molecular complexity index is 307. The Morgan fingerprint density at radius 3 is 2.67 bits per heavy atom. The SMILES string of the molecule is CC(C)=CCCC(C)CC1CSC(=[N+](C)C)O1.[I-]. The predicted octanol–water partition coefficient (Wildman–Crippen LogP) is 0.523. The van der Waals surface area contributed by atoms with Crippen LogP contribution in [-0.2, 0) is 4.74 Å². The maximum atomic E-state index is 5.91. The Morgan fingerprint density at radius 2 is 2.17 bits per heavy atom. The topological polar surface area (TPSA) is 12.2 Å². The number of halogens is 1. The Labute approximate surface area is 133 Å². The molecule has 2 nitrogen and oxygen atoms in total. The van der Waals surface area contributed by atoms with Gasteiger partial charge in [-0.3, -0.25) is 0 Å². The van der Waals surface area contributed by atoms with Crippen LogP contribution in [0.3, 0.4) is 0 Å². The van der Waals surface area contributed by atoms with Gasteiger partial charge in [-0.25, -0.2) is 0 Å². The van der Waals surface area contributed by atoms with Crippen molar-refractivity contribution in [3.05, 3.63) is 11.6 Å². The van der Waals surface area contributed by atoms with Crippen LogP contribution in [0.4, 0.5) is 0 Å². The zero-order valence-corrected chi connectivity index (χ0v) is 15.2. The minimum Gasteiger partial charge on any atom is -1.00 e. The number of hydrogen-bond acceptors (Lipinski definition) is 2. The largest absolute Gasteiger partial charge is 1.00 e. The molecule has 0 bridgehead atoms. The predicted molar refractivity (Wildman–Crippen MR) is 76.9 cm³/mol. The van der Waals surface area contributed by atoms with Crippen LogP contribution in [0.2, 0.25) is 0 Å². The van der Waals surface area contributed by atoms with Crippen molar-refractivity contribution >= 4 is 17.0 Å². The molecule has 18 heavy (non-hydrogen) atoms. The van der Waals surface area contributed by atoms with Gasteiger partial charge in [-0.05, 0) is 50.8 Å². The molecule has 0 spiro atoms. The van der Waals surface area contributed by atoms with Crippen LogP contribution in [0.25, 0.3) is 0 Å². The molecule has 106 valence electrons. The van der Waals surface area contributed by atoms with Crippen molar-refractivity contribution in [2.75, 3.05) is 19.8 Å². The second kappa shape index (κ2) is 9.23. The third-order valence-corrected chi connectivity index (χ3v) is 4.15. The second-order valence-electron chi connectivity index (χ2n) is 5.41. The molecule has 0 aromatic carbocycles. The van der Waals surface area contributed by atoms with E-state index in [0.29, 0.717) is 6.10 Å². The van der Waals surface area contributed by atoms with Gasteiger partial charge in [0, 0.05) is 5.75 Å². The molecule has 1 fully saturated rings. The summed E-state index contributed by atoms with van der Waals surface area (Å²) in [6.45, 7) is 6.67. The molecule has 1 rings (SSSR count). The number of rotatable bonds is 5. The van der Waals surface area contributed by atoms with E-state index in [4.69, 9.17) is 4.74 Å². The highest BCUT2D eigenvalue weighted by molar-refractivity contribution is 8.13. The van der Waals surface area contributed by atoms with E-state index in [1.165, 1.54) is 24.8 Å². The molecule has 0 aliphatic carbocycles. The van der Waals surface area contributed by atoms with Gasteiger partial charge >= 0.3 is 5.23 Å². The quantitative estimate of drug-likeness (QED) is 0.390. The van der Waals surface area contributed by atoms with Gasteiger partial charge < -0.3 is 28.7 Å². The number of nitrogens with zero attached hydrogens (tertiary/aromatic N) is 1. The summed E-state index contributed by atoms with van der Waals surface area (Å²) in [5.41, 5.74) is 1.42. The van der Waals surface area contributed by atoms with E-state index >= 15 is 0 Å². The van der Waals surface area contributed by atoms with E-state index < -0.39 is 0 Å². The Kier molecular flexibility index (Phi) is 9.38. The lowest BCUT2D eigenvalue weighted by Crippen LogP contribution is -3.00. The number of ether oxygens (including phenoxy) is 1. The fourth-order valence-electron chi connectivity index (χ4n) is 1.95. The van der Waals surface area contributed by atoms with Gasteiger partial charge in [-0.15, -0.1) is 0 Å². The molecule has 0 aromatic rings. The summed E-state index contributed by atoms with van der Waals surface area (Å²) in [4.78, 5) is 0. The molecule has 2 unspecified atom stereocenters. The summed E-state index contributed by atoms with van der Waals surface area (Å²) in [6, 6.07) is 0. The van der Waals surface area contributed by atoms with Crippen molar-refractivity contribution in [1.82, 2.24) is 0 Å². The highest BCUT2D eigenvalue weighted by Crippen LogP contribution is 2.26. The van der Waals surface area contributed by atoms with Crippen LogP contribution in [0, 0.1) is 5.92 Å². The van der Waals surface area contributed by atoms with Crippen LogP contribution < -0.4 is 24.0 Å². The fraction of sp³-hybridized carbons (Fsp3) is 0.786. The van der Waals surface area contributed by atoms with Gasteiger partial charge in [0.25, 0.3) is 0 Å². The van der Waals surface area contributed by atoms with Crippen molar-refractivity contribution in [2.45, 2.75) is 46.1 Å². The van der Waals surface area contributed by atoms with Crippen molar-refractivity contribution in [1.29, 1.82) is 0 Å². The highest BCUT2D eigenvalue weighted by atomic mass is 127. The summed E-state index contributed by atoms with van der Waals surface area (Å²) in [5.74, 6) is 1.86. The first-order chi connectivity index (χ1) is 7.99. The van der Waals surface area contributed by atoms with Gasteiger partial charge in [0.2, 0.25) is 0 Å². The third kappa shape index (κ3) is 7.02. The van der Waals surface area contributed by atoms with E-state index in [1.54, 1.807) is 0 Å². The maximum Gasteiger partial charge on any atom is 0.400 e. The van der Waals surface area contributed by atoms with E-state index in [1.807, 2.05) is 25.9 Å². The standard InChI is InChI=1S/C14H26NOS.HI/c1-11(2)7-6-8-12(3)9-13-10-17-14(16-13)15(4)5;/h7,12-13H,6,8-10H2,1-5H3;1H/q+1;/p-1. The van der Waals surface area contributed by atoms with E-state index in [9.17, 15) is 0 Å². The van der Waals surface area contributed by atoms with E-state index in [2.05, 4.69) is 31.4 Å². The molecule has 2 atom stereocenters. The molecule has 0 aromatic heterocycles. The van der Waals surface area contributed by atoms with E-state index in [-0.39, 0.29) is 24.0 Å². The Hall–Kier alpha value is 0.290. The van der Waals surface area contributed by atoms with Gasteiger partial charge in [0.15, 0.2) is 0 Å². The number of allylic oxidation sites excluding steroid dienone is 2. The first kappa shape index (κ1) is 18.3. The van der Waals surface area contributed by atoms with Gasteiger partial charge in [-0.1, -0.05) is 18.6 Å². The molecule has 1 aliphatic rings. The summed E-state index contributed by atoms with van der Waals surface area (Å²) in [6.07, 6.45) is 6.40. The fourth-order valence-corrected chi connectivity index (χ4v) is 2.94. The lowest BCUT2D eigenvalue weighted by atomic mass is 9.98. The molecular weight excluding hydrogens is 357 g/mol. The minimum atomic E-state index is 0. The molecule has 0 saturated carbocycles. The average Bonchev–Trinajstić information content (AvgIpc) is 2.65. The second-order valence-corrected chi connectivity index (χ2v) is 6.38. The van der Waals surface area contributed by atoms with Gasteiger partial charge in [-0.2, -0.15) is 4.58 Å². The lowest BCUT2D eigenvalue weighted by Gasteiger charge is -2.14. The third-order valence-electron chi connectivity index (χ3n) is 2.90. The minimum absolute atomic E-state index is 0. The number of hydrogen-bond donors (Lipinski definition) is 0. The van der Waals surface area contributed by atoms with Crippen molar-refractivity contribution in [3.63, 3.8) is 0 Å². The molecule has 0 radical (unpaired) electrons. The molecule has 1 saturated heterocycles.